The van der Waals surface area contributed by atoms with Crippen LogP contribution in [0.4, 0.5) is 17.2 Å². The average molecular weight is 358 g/mol. The largest absolute Gasteiger partial charge is 0.340 e. The highest BCUT2D eigenvalue weighted by atomic mass is 16.2. The predicted octanol–water partition coefficient (Wildman–Crippen LogP) is 4.55. The van der Waals surface area contributed by atoms with Gasteiger partial charge in [0.05, 0.1) is 0 Å². The van der Waals surface area contributed by atoms with E-state index < -0.39 is 0 Å². The number of anilines is 3. The normalized spacial score (nSPS) is 12.9. The van der Waals surface area contributed by atoms with Crippen molar-refractivity contribution < 1.29 is 4.79 Å². The Hall–Kier alpha value is -3.21. The Bertz CT molecular complexity index is 983. The highest BCUT2D eigenvalue weighted by Gasteiger charge is 2.26. The van der Waals surface area contributed by atoms with Gasteiger partial charge in [-0.2, -0.15) is 0 Å². The third kappa shape index (κ3) is 3.40. The molecule has 0 saturated heterocycles. The Kier molecular flexibility index (Phi) is 4.59. The lowest BCUT2D eigenvalue weighted by molar-refractivity contribution is 0.0984. The van der Waals surface area contributed by atoms with Gasteiger partial charge in [0.2, 0.25) is 0 Å². The molecule has 5 heteroatoms. The lowest BCUT2D eigenvalue weighted by atomic mass is 10.0. The molecule has 4 rings (SSSR count). The first-order valence-corrected chi connectivity index (χ1v) is 9.21. The molecule has 0 spiro atoms. The second kappa shape index (κ2) is 7.19. The number of amides is 1. The summed E-state index contributed by atoms with van der Waals surface area (Å²) in [6.45, 7) is 4.99. The Morgan fingerprint density at radius 1 is 1.07 bits per heavy atom. The fourth-order valence-corrected chi connectivity index (χ4v) is 3.48. The third-order valence-corrected chi connectivity index (χ3v) is 4.86. The van der Waals surface area contributed by atoms with Crippen LogP contribution in [0.2, 0.25) is 0 Å². The summed E-state index contributed by atoms with van der Waals surface area (Å²) < 4.78 is 0. The van der Waals surface area contributed by atoms with Crippen molar-refractivity contribution in [1.29, 1.82) is 0 Å². The zero-order chi connectivity index (χ0) is 18.8. The first-order chi connectivity index (χ1) is 13.1. The van der Waals surface area contributed by atoms with E-state index in [9.17, 15) is 4.79 Å². The van der Waals surface area contributed by atoms with E-state index in [1.807, 2.05) is 36.4 Å². The molecule has 1 amide bonds. The van der Waals surface area contributed by atoms with E-state index >= 15 is 0 Å². The van der Waals surface area contributed by atoms with Crippen LogP contribution in [0.1, 0.15) is 41.4 Å². The summed E-state index contributed by atoms with van der Waals surface area (Å²) in [6.07, 6.45) is 2.31. The van der Waals surface area contributed by atoms with Crippen LogP contribution in [-0.2, 0) is 6.42 Å². The van der Waals surface area contributed by atoms with Gasteiger partial charge in [0, 0.05) is 24.0 Å². The first kappa shape index (κ1) is 17.2. The minimum Gasteiger partial charge on any atom is -0.340 e. The van der Waals surface area contributed by atoms with Gasteiger partial charge in [-0.25, -0.2) is 9.97 Å². The quantitative estimate of drug-likeness (QED) is 0.743. The van der Waals surface area contributed by atoms with E-state index in [1.165, 1.54) is 17.5 Å². The number of carbonyl (C=O) groups excluding carboxylic acids is 1. The smallest absolute Gasteiger partial charge is 0.277 e. The third-order valence-electron chi connectivity index (χ3n) is 4.86. The fourth-order valence-electron chi connectivity index (χ4n) is 3.48. The molecule has 27 heavy (non-hydrogen) atoms. The summed E-state index contributed by atoms with van der Waals surface area (Å²) in [5.74, 6) is 0.911. The molecule has 1 aliphatic heterocycles. The highest BCUT2D eigenvalue weighted by molar-refractivity contribution is 6.06. The maximum Gasteiger partial charge on any atom is 0.277 e. The fraction of sp³-hybridized carbons (Fsp3) is 0.227. The lowest BCUT2D eigenvalue weighted by Crippen LogP contribution is -2.29. The highest BCUT2D eigenvalue weighted by Crippen LogP contribution is 2.29. The maximum absolute atomic E-state index is 13.0. The predicted molar refractivity (Wildman–Crippen MR) is 108 cm³/mol. The van der Waals surface area contributed by atoms with Crippen LogP contribution >= 0.6 is 0 Å². The second-order valence-corrected chi connectivity index (χ2v) is 6.99. The Balaban J connectivity index is 1.60. The minimum absolute atomic E-state index is 0.0949. The number of nitrogens with one attached hydrogen (secondary N) is 1. The Morgan fingerprint density at radius 2 is 1.85 bits per heavy atom. The SMILES string of the molecule is CC(C)c1ccccc1Nc1cc(C(=O)N2CCc3ccccc32)ncn1. The van der Waals surface area contributed by atoms with Crippen LogP contribution < -0.4 is 10.2 Å². The molecule has 3 aromatic rings. The molecule has 2 aromatic carbocycles. The van der Waals surface area contributed by atoms with Gasteiger partial charge < -0.3 is 10.2 Å². The van der Waals surface area contributed by atoms with Crippen LogP contribution in [0.5, 0.6) is 0 Å². The van der Waals surface area contributed by atoms with Crippen molar-refractivity contribution >= 4 is 23.1 Å². The number of hydrogen-bond donors (Lipinski definition) is 1. The first-order valence-electron chi connectivity index (χ1n) is 9.21. The molecule has 136 valence electrons. The Labute approximate surface area is 159 Å². The molecular formula is C22H22N4O. The van der Waals surface area contributed by atoms with Gasteiger partial charge in [-0.1, -0.05) is 50.2 Å². The van der Waals surface area contributed by atoms with Crippen molar-refractivity contribution in [3.05, 3.63) is 77.7 Å². The summed E-state index contributed by atoms with van der Waals surface area (Å²) in [4.78, 5) is 23.3. The van der Waals surface area contributed by atoms with Crippen molar-refractivity contribution in [2.24, 2.45) is 0 Å². The van der Waals surface area contributed by atoms with Crippen LogP contribution in [0.15, 0.2) is 60.9 Å². The average Bonchev–Trinajstić information content (AvgIpc) is 3.12. The summed E-state index contributed by atoms with van der Waals surface area (Å²) in [5, 5.41) is 3.34. The van der Waals surface area contributed by atoms with E-state index in [-0.39, 0.29) is 5.91 Å². The molecule has 0 bridgehead atoms. The lowest BCUT2D eigenvalue weighted by Gasteiger charge is -2.17. The topological polar surface area (TPSA) is 58.1 Å². The number of benzene rings is 2. The van der Waals surface area contributed by atoms with E-state index in [2.05, 4.69) is 41.3 Å². The van der Waals surface area contributed by atoms with Crippen LogP contribution in [0.25, 0.3) is 0 Å². The molecular weight excluding hydrogens is 336 g/mol. The van der Waals surface area contributed by atoms with Gasteiger partial charge in [0.15, 0.2) is 0 Å². The summed E-state index contributed by atoms with van der Waals surface area (Å²) >= 11 is 0. The van der Waals surface area contributed by atoms with Gasteiger partial charge in [-0.05, 0) is 35.6 Å². The van der Waals surface area contributed by atoms with Crippen LogP contribution in [-0.4, -0.2) is 22.4 Å². The van der Waals surface area contributed by atoms with Gasteiger partial charge in [-0.15, -0.1) is 0 Å². The second-order valence-electron chi connectivity index (χ2n) is 6.99. The number of fused-ring (bicyclic) bond motifs is 1. The van der Waals surface area contributed by atoms with E-state index in [1.54, 1.807) is 11.0 Å². The van der Waals surface area contributed by atoms with E-state index in [0.717, 1.165) is 17.8 Å². The van der Waals surface area contributed by atoms with Gasteiger partial charge >= 0.3 is 0 Å². The number of carbonyl (C=O) groups is 1. The molecule has 0 aliphatic carbocycles. The monoisotopic (exact) mass is 358 g/mol. The van der Waals surface area contributed by atoms with Crippen molar-refractivity contribution in [2.45, 2.75) is 26.2 Å². The molecule has 2 heterocycles. The van der Waals surface area contributed by atoms with Gasteiger partial charge in [0.25, 0.3) is 5.91 Å². The molecule has 1 N–H and O–H groups in total. The number of hydrogen-bond acceptors (Lipinski definition) is 4. The zero-order valence-corrected chi connectivity index (χ0v) is 15.5. The van der Waals surface area contributed by atoms with Crippen molar-refractivity contribution in [3.63, 3.8) is 0 Å². The summed E-state index contributed by atoms with van der Waals surface area (Å²) in [5.41, 5.74) is 4.77. The van der Waals surface area contributed by atoms with Gasteiger partial charge in [0.1, 0.15) is 17.8 Å². The summed E-state index contributed by atoms with van der Waals surface area (Å²) in [6, 6.07) is 17.9. The van der Waals surface area contributed by atoms with E-state index in [4.69, 9.17) is 0 Å². The zero-order valence-electron chi connectivity index (χ0n) is 15.5. The van der Waals surface area contributed by atoms with Crippen molar-refractivity contribution in [1.82, 2.24) is 9.97 Å². The molecule has 0 radical (unpaired) electrons. The number of rotatable bonds is 4. The Morgan fingerprint density at radius 3 is 2.70 bits per heavy atom. The maximum atomic E-state index is 13.0. The molecule has 1 aromatic heterocycles. The van der Waals surface area contributed by atoms with Crippen molar-refractivity contribution in [2.75, 3.05) is 16.8 Å². The van der Waals surface area contributed by atoms with E-state index in [0.29, 0.717) is 24.0 Å². The standard InChI is InChI=1S/C22H22N4O/c1-15(2)17-8-4-5-9-18(17)25-21-13-19(23-14-24-21)22(27)26-12-11-16-7-3-6-10-20(16)26/h3-10,13-15H,11-12H2,1-2H3,(H,23,24,25). The van der Waals surface area contributed by atoms with Crippen LogP contribution in [0.3, 0.4) is 0 Å². The minimum atomic E-state index is -0.0949. The molecule has 0 fully saturated rings. The van der Waals surface area contributed by atoms with Crippen LogP contribution in [0, 0.1) is 0 Å². The number of aromatic nitrogens is 2. The van der Waals surface area contributed by atoms with Gasteiger partial charge in [-0.3, -0.25) is 4.79 Å². The molecule has 0 saturated carbocycles. The summed E-state index contributed by atoms with van der Waals surface area (Å²) in [7, 11) is 0. The van der Waals surface area contributed by atoms with Crippen molar-refractivity contribution in [3.8, 4) is 0 Å². The molecule has 1 aliphatic rings. The molecule has 5 nitrogen and oxygen atoms in total. The molecule has 0 unspecified atom stereocenters. The number of para-hydroxylation sites is 2. The number of nitrogens with zero attached hydrogens (tertiary/aromatic N) is 3. The molecule has 0 atom stereocenters.